The van der Waals surface area contributed by atoms with Crippen LogP contribution >= 0.6 is 0 Å². The fourth-order valence-corrected chi connectivity index (χ4v) is 2.70. The van der Waals surface area contributed by atoms with Gasteiger partial charge in [-0.2, -0.15) is 0 Å². The lowest BCUT2D eigenvalue weighted by Crippen LogP contribution is -2.26. The Morgan fingerprint density at radius 2 is 2.00 bits per heavy atom. The Labute approximate surface area is 116 Å². The molecule has 3 heteroatoms. The standard InChI is InChI=1S/C16H25NO2/c1-13(15-9-5-6-10-16(15)18)17-11-12-19-14-7-3-2-4-8-14/h5-6,9-10,13-14,17-18H,2-4,7-8,11-12H2,1H3. The van der Waals surface area contributed by atoms with Gasteiger partial charge >= 0.3 is 0 Å². The SMILES string of the molecule is CC(NCCOC1CCCCC1)c1ccccc1O. The van der Waals surface area contributed by atoms with Crippen molar-refractivity contribution in [3.63, 3.8) is 0 Å². The first-order valence-corrected chi connectivity index (χ1v) is 7.40. The summed E-state index contributed by atoms with van der Waals surface area (Å²) < 4.78 is 5.87. The van der Waals surface area contributed by atoms with Gasteiger partial charge in [0.1, 0.15) is 5.75 Å². The fraction of sp³-hybridized carbons (Fsp3) is 0.625. The zero-order valence-electron chi connectivity index (χ0n) is 11.8. The van der Waals surface area contributed by atoms with Crippen molar-refractivity contribution in [2.24, 2.45) is 0 Å². The van der Waals surface area contributed by atoms with Crippen LogP contribution in [0.5, 0.6) is 5.75 Å². The predicted octanol–water partition coefficient (Wildman–Crippen LogP) is 3.39. The van der Waals surface area contributed by atoms with E-state index in [-0.39, 0.29) is 6.04 Å². The molecule has 0 radical (unpaired) electrons. The Bertz CT molecular complexity index is 375. The van der Waals surface area contributed by atoms with E-state index in [1.807, 2.05) is 18.2 Å². The number of benzene rings is 1. The summed E-state index contributed by atoms with van der Waals surface area (Å²) in [6, 6.07) is 7.63. The van der Waals surface area contributed by atoms with E-state index in [1.54, 1.807) is 6.07 Å². The number of phenols is 1. The van der Waals surface area contributed by atoms with E-state index in [2.05, 4.69) is 12.2 Å². The van der Waals surface area contributed by atoms with Gasteiger partial charge < -0.3 is 15.2 Å². The third kappa shape index (κ3) is 4.51. The van der Waals surface area contributed by atoms with Crippen LogP contribution in [0.2, 0.25) is 0 Å². The summed E-state index contributed by atoms with van der Waals surface area (Å²) in [6.07, 6.45) is 6.89. The Morgan fingerprint density at radius 1 is 1.26 bits per heavy atom. The van der Waals surface area contributed by atoms with Crippen molar-refractivity contribution in [1.82, 2.24) is 5.32 Å². The average Bonchev–Trinajstić information content (AvgIpc) is 2.45. The molecule has 0 aromatic heterocycles. The summed E-state index contributed by atoms with van der Waals surface area (Å²) in [7, 11) is 0. The zero-order chi connectivity index (χ0) is 13.5. The van der Waals surface area contributed by atoms with Crippen LogP contribution in [0, 0.1) is 0 Å². The molecule has 1 fully saturated rings. The topological polar surface area (TPSA) is 41.5 Å². The Morgan fingerprint density at radius 3 is 2.74 bits per heavy atom. The van der Waals surface area contributed by atoms with E-state index in [0.29, 0.717) is 11.9 Å². The molecule has 106 valence electrons. The van der Waals surface area contributed by atoms with Gasteiger partial charge in [-0.05, 0) is 25.8 Å². The second-order valence-corrected chi connectivity index (χ2v) is 5.37. The van der Waals surface area contributed by atoms with Gasteiger partial charge in [0.15, 0.2) is 0 Å². The first kappa shape index (κ1) is 14.4. The zero-order valence-corrected chi connectivity index (χ0v) is 11.8. The second-order valence-electron chi connectivity index (χ2n) is 5.37. The van der Waals surface area contributed by atoms with E-state index >= 15 is 0 Å². The van der Waals surface area contributed by atoms with Crippen molar-refractivity contribution in [3.8, 4) is 5.75 Å². The van der Waals surface area contributed by atoms with Gasteiger partial charge in [0.2, 0.25) is 0 Å². The Hall–Kier alpha value is -1.06. The van der Waals surface area contributed by atoms with Crippen LogP contribution < -0.4 is 5.32 Å². The normalized spacial score (nSPS) is 18.4. The van der Waals surface area contributed by atoms with Crippen molar-refractivity contribution < 1.29 is 9.84 Å². The van der Waals surface area contributed by atoms with Crippen molar-refractivity contribution in [1.29, 1.82) is 0 Å². The number of aromatic hydroxyl groups is 1. The van der Waals surface area contributed by atoms with Gasteiger partial charge in [-0.3, -0.25) is 0 Å². The quantitative estimate of drug-likeness (QED) is 0.773. The lowest BCUT2D eigenvalue weighted by atomic mass is 9.98. The first-order valence-electron chi connectivity index (χ1n) is 7.40. The minimum atomic E-state index is 0.149. The molecule has 0 heterocycles. The second kappa shape index (κ2) is 7.51. The third-order valence-corrected chi connectivity index (χ3v) is 3.86. The molecule has 3 nitrogen and oxygen atoms in total. The number of rotatable bonds is 6. The number of nitrogens with one attached hydrogen (secondary N) is 1. The summed E-state index contributed by atoms with van der Waals surface area (Å²) in [6.45, 7) is 3.64. The molecule has 1 aliphatic carbocycles. The number of hydrogen-bond acceptors (Lipinski definition) is 3. The summed E-state index contributed by atoms with van der Waals surface area (Å²) >= 11 is 0. The molecule has 2 N–H and O–H groups in total. The van der Waals surface area contributed by atoms with Gasteiger partial charge in [-0.15, -0.1) is 0 Å². The molecule has 0 bridgehead atoms. The molecule has 1 aromatic carbocycles. The number of phenolic OH excluding ortho intramolecular Hbond substituents is 1. The third-order valence-electron chi connectivity index (χ3n) is 3.86. The number of ether oxygens (including phenoxy) is 1. The largest absolute Gasteiger partial charge is 0.508 e. The lowest BCUT2D eigenvalue weighted by molar-refractivity contribution is 0.0295. The van der Waals surface area contributed by atoms with E-state index in [4.69, 9.17) is 4.74 Å². The van der Waals surface area contributed by atoms with E-state index in [0.717, 1.165) is 18.7 Å². The molecule has 2 rings (SSSR count). The summed E-state index contributed by atoms with van der Waals surface area (Å²) in [5, 5.41) is 13.2. The molecular formula is C16H25NO2. The van der Waals surface area contributed by atoms with Crippen LogP contribution in [-0.4, -0.2) is 24.4 Å². The lowest BCUT2D eigenvalue weighted by Gasteiger charge is -2.22. The molecule has 1 unspecified atom stereocenters. The van der Waals surface area contributed by atoms with E-state index < -0.39 is 0 Å². The summed E-state index contributed by atoms with van der Waals surface area (Å²) in [5.41, 5.74) is 0.945. The maximum atomic E-state index is 9.77. The van der Waals surface area contributed by atoms with Gasteiger partial charge in [0.25, 0.3) is 0 Å². The van der Waals surface area contributed by atoms with Gasteiger partial charge in [-0.25, -0.2) is 0 Å². The first-order chi connectivity index (χ1) is 9.27. The molecular weight excluding hydrogens is 238 g/mol. The smallest absolute Gasteiger partial charge is 0.120 e. The van der Waals surface area contributed by atoms with Crippen LogP contribution in [0.3, 0.4) is 0 Å². The predicted molar refractivity (Wildman–Crippen MR) is 77.3 cm³/mol. The Balaban J connectivity index is 1.66. The van der Waals surface area contributed by atoms with E-state index in [9.17, 15) is 5.11 Å². The fourth-order valence-electron chi connectivity index (χ4n) is 2.70. The highest BCUT2D eigenvalue weighted by atomic mass is 16.5. The van der Waals surface area contributed by atoms with Crippen LogP contribution in [0.15, 0.2) is 24.3 Å². The number of hydrogen-bond donors (Lipinski definition) is 2. The molecule has 1 atom stereocenters. The minimum Gasteiger partial charge on any atom is -0.508 e. The van der Waals surface area contributed by atoms with Gasteiger partial charge in [0, 0.05) is 18.2 Å². The maximum absolute atomic E-state index is 9.77. The van der Waals surface area contributed by atoms with Crippen molar-refractivity contribution in [3.05, 3.63) is 29.8 Å². The monoisotopic (exact) mass is 263 g/mol. The Kier molecular flexibility index (Phi) is 5.67. The molecule has 1 aliphatic rings. The molecule has 0 saturated heterocycles. The van der Waals surface area contributed by atoms with Crippen molar-refractivity contribution in [2.75, 3.05) is 13.2 Å². The minimum absolute atomic E-state index is 0.149. The summed E-state index contributed by atoms with van der Waals surface area (Å²) in [5.74, 6) is 0.357. The van der Waals surface area contributed by atoms with Crippen LogP contribution in [0.4, 0.5) is 0 Å². The van der Waals surface area contributed by atoms with Crippen LogP contribution in [0.25, 0.3) is 0 Å². The van der Waals surface area contributed by atoms with Crippen LogP contribution in [-0.2, 0) is 4.74 Å². The highest BCUT2D eigenvalue weighted by molar-refractivity contribution is 5.34. The van der Waals surface area contributed by atoms with Crippen LogP contribution in [0.1, 0.15) is 50.6 Å². The molecule has 19 heavy (non-hydrogen) atoms. The highest BCUT2D eigenvalue weighted by Crippen LogP contribution is 2.23. The van der Waals surface area contributed by atoms with Crippen molar-refractivity contribution in [2.45, 2.75) is 51.2 Å². The van der Waals surface area contributed by atoms with E-state index in [1.165, 1.54) is 32.1 Å². The highest BCUT2D eigenvalue weighted by Gasteiger charge is 2.13. The van der Waals surface area contributed by atoms with Crippen molar-refractivity contribution >= 4 is 0 Å². The average molecular weight is 263 g/mol. The van der Waals surface area contributed by atoms with Gasteiger partial charge in [0.05, 0.1) is 12.7 Å². The van der Waals surface area contributed by atoms with Gasteiger partial charge in [-0.1, -0.05) is 37.5 Å². The maximum Gasteiger partial charge on any atom is 0.120 e. The molecule has 0 aliphatic heterocycles. The molecule has 0 amide bonds. The number of para-hydroxylation sites is 1. The summed E-state index contributed by atoms with van der Waals surface area (Å²) in [4.78, 5) is 0. The molecule has 1 aromatic rings. The molecule has 1 saturated carbocycles. The molecule has 0 spiro atoms.